The Morgan fingerprint density at radius 1 is 1.12 bits per heavy atom. The fraction of sp³-hybridized carbons (Fsp3) is 0.0833. The van der Waals surface area contributed by atoms with Crippen molar-refractivity contribution in [2.75, 3.05) is 0 Å². The van der Waals surface area contributed by atoms with E-state index >= 15 is 0 Å². The van der Waals surface area contributed by atoms with Crippen LogP contribution in [0.5, 0.6) is 0 Å². The summed E-state index contributed by atoms with van der Waals surface area (Å²) < 4.78 is 1.85. The van der Waals surface area contributed by atoms with E-state index in [0.29, 0.717) is 0 Å². The molecule has 0 saturated heterocycles. The van der Waals surface area contributed by atoms with E-state index in [1.54, 1.807) is 18.5 Å². The van der Waals surface area contributed by atoms with Crippen LogP contribution in [0.15, 0.2) is 43.0 Å². The zero-order valence-corrected chi connectivity index (χ0v) is 8.83. The van der Waals surface area contributed by atoms with Gasteiger partial charge in [0.25, 0.3) is 0 Å². The van der Waals surface area contributed by atoms with E-state index < -0.39 is 0 Å². The lowest BCUT2D eigenvalue weighted by Crippen LogP contribution is -1.91. The lowest BCUT2D eigenvalue weighted by molar-refractivity contribution is 0.959. The van der Waals surface area contributed by atoms with Gasteiger partial charge in [0.05, 0.1) is 11.7 Å². The first kappa shape index (κ1) is 9.03. The van der Waals surface area contributed by atoms with Crippen LogP contribution >= 0.6 is 0 Å². The molecule has 0 aliphatic rings. The van der Waals surface area contributed by atoms with Crippen LogP contribution in [0.1, 0.15) is 5.56 Å². The molecule has 78 valence electrons. The SMILES string of the molecule is Cc1cnn2cc(-c3ncccn3)ccc12. The minimum absolute atomic E-state index is 0.720. The van der Waals surface area contributed by atoms with E-state index in [2.05, 4.69) is 15.1 Å². The predicted molar refractivity (Wildman–Crippen MR) is 61.0 cm³/mol. The third-order valence-corrected chi connectivity index (χ3v) is 2.53. The number of aromatic nitrogens is 4. The topological polar surface area (TPSA) is 43.1 Å². The van der Waals surface area contributed by atoms with E-state index in [1.807, 2.05) is 36.0 Å². The first-order valence-corrected chi connectivity index (χ1v) is 5.06. The predicted octanol–water partition coefficient (Wildman–Crippen LogP) is 2.10. The third kappa shape index (κ3) is 1.35. The summed E-state index contributed by atoms with van der Waals surface area (Å²) >= 11 is 0. The number of hydrogen-bond acceptors (Lipinski definition) is 3. The lowest BCUT2D eigenvalue weighted by Gasteiger charge is -2.00. The first-order chi connectivity index (χ1) is 7.84. The molecule has 0 fully saturated rings. The Labute approximate surface area is 92.6 Å². The Bertz CT molecular complexity index is 628. The molecule has 3 rings (SSSR count). The van der Waals surface area contributed by atoms with Gasteiger partial charge >= 0.3 is 0 Å². The molecular formula is C12H10N4. The molecule has 3 aromatic rings. The molecule has 3 heterocycles. The van der Waals surface area contributed by atoms with Crippen LogP contribution in [-0.4, -0.2) is 19.6 Å². The second-order valence-electron chi connectivity index (χ2n) is 3.65. The number of rotatable bonds is 1. The normalized spacial score (nSPS) is 10.8. The van der Waals surface area contributed by atoms with Gasteiger partial charge in [-0.25, -0.2) is 14.5 Å². The van der Waals surface area contributed by atoms with Crippen molar-refractivity contribution in [1.29, 1.82) is 0 Å². The van der Waals surface area contributed by atoms with E-state index in [0.717, 1.165) is 16.9 Å². The highest BCUT2D eigenvalue weighted by atomic mass is 15.2. The van der Waals surface area contributed by atoms with E-state index in [1.165, 1.54) is 5.56 Å². The summed E-state index contributed by atoms with van der Waals surface area (Å²) in [5.41, 5.74) is 3.25. The minimum atomic E-state index is 0.720. The van der Waals surface area contributed by atoms with Crippen LogP contribution in [-0.2, 0) is 0 Å². The van der Waals surface area contributed by atoms with E-state index in [-0.39, 0.29) is 0 Å². The Hall–Kier alpha value is -2.23. The number of fused-ring (bicyclic) bond motifs is 1. The standard InChI is InChI=1S/C12H10N4/c1-9-7-15-16-8-10(3-4-11(9)16)12-13-5-2-6-14-12/h2-8H,1H3. The van der Waals surface area contributed by atoms with Crippen molar-refractivity contribution in [1.82, 2.24) is 19.6 Å². The summed E-state index contributed by atoms with van der Waals surface area (Å²) in [4.78, 5) is 8.42. The molecule has 0 spiro atoms. The molecular weight excluding hydrogens is 200 g/mol. The van der Waals surface area contributed by atoms with E-state index in [4.69, 9.17) is 0 Å². The van der Waals surface area contributed by atoms with Gasteiger partial charge in [-0.15, -0.1) is 0 Å². The van der Waals surface area contributed by atoms with Crippen molar-refractivity contribution in [3.8, 4) is 11.4 Å². The van der Waals surface area contributed by atoms with Crippen LogP contribution in [0.2, 0.25) is 0 Å². The molecule has 4 heteroatoms. The highest BCUT2D eigenvalue weighted by Gasteiger charge is 2.03. The third-order valence-electron chi connectivity index (χ3n) is 2.53. The van der Waals surface area contributed by atoms with E-state index in [9.17, 15) is 0 Å². The average molecular weight is 210 g/mol. The smallest absolute Gasteiger partial charge is 0.160 e. The van der Waals surface area contributed by atoms with Gasteiger partial charge in [-0.2, -0.15) is 5.10 Å². The second kappa shape index (κ2) is 3.41. The highest BCUT2D eigenvalue weighted by molar-refractivity contribution is 5.61. The summed E-state index contributed by atoms with van der Waals surface area (Å²) in [7, 11) is 0. The van der Waals surface area contributed by atoms with Gasteiger partial charge in [-0.1, -0.05) is 0 Å². The van der Waals surface area contributed by atoms with Crippen molar-refractivity contribution in [2.45, 2.75) is 6.92 Å². The van der Waals surface area contributed by atoms with Gasteiger partial charge in [0, 0.05) is 24.2 Å². The monoisotopic (exact) mass is 210 g/mol. The van der Waals surface area contributed by atoms with Crippen molar-refractivity contribution >= 4 is 5.52 Å². The van der Waals surface area contributed by atoms with Crippen molar-refractivity contribution in [2.24, 2.45) is 0 Å². The number of aryl methyl sites for hydroxylation is 1. The molecule has 0 radical (unpaired) electrons. The van der Waals surface area contributed by atoms with Crippen LogP contribution in [0.3, 0.4) is 0 Å². The van der Waals surface area contributed by atoms with Gasteiger partial charge < -0.3 is 0 Å². The zero-order chi connectivity index (χ0) is 11.0. The zero-order valence-electron chi connectivity index (χ0n) is 8.83. The Kier molecular flexibility index (Phi) is 1.93. The maximum atomic E-state index is 4.27. The molecule has 0 amide bonds. The molecule has 0 bridgehead atoms. The number of nitrogens with zero attached hydrogens (tertiary/aromatic N) is 4. The number of hydrogen-bond donors (Lipinski definition) is 0. The fourth-order valence-electron chi connectivity index (χ4n) is 1.69. The maximum Gasteiger partial charge on any atom is 0.160 e. The molecule has 0 aliphatic carbocycles. The number of pyridine rings is 1. The largest absolute Gasteiger partial charge is 0.240 e. The van der Waals surface area contributed by atoms with Crippen LogP contribution in [0.4, 0.5) is 0 Å². The fourth-order valence-corrected chi connectivity index (χ4v) is 1.69. The Morgan fingerprint density at radius 2 is 1.94 bits per heavy atom. The van der Waals surface area contributed by atoms with Crippen molar-refractivity contribution < 1.29 is 0 Å². The summed E-state index contributed by atoms with van der Waals surface area (Å²) in [6, 6.07) is 5.85. The van der Waals surface area contributed by atoms with Crippen molar-refractivity contribution in [3.05, 3.63) is 48.5 Å². The molecule has 0 saturated carbocycles. The summed E-state index contributed by atoms with van der Waals surface area (Å²) in [5, 5.41) is 4.27. The minimum Gasteiger partial charge on any atom is -0.240 e. The van der Waals surface area contributed by atoms with Crippen LogP contribution in [0.25, 0.3) is 16.9 Å². The van der Waals surface area contributed by atoms with Crippen LogP contribution in [0, 0.1) is 6.92 Å². The second-order valence-corrected chi connectivity index (χ2v) is 3.65. The Morgan fingerprint density at radius 3 is 2.75 bits per heavy atom. The lowest BCUT2D eigenvalue weighted by atomic mass is 10.2. The molecule has 0 atom stereocenters. The first-order valence-electron chi connectivity index (χ1n) is 5.06. The Balaban J connectivity index is 2.19. The average Bonchev–Trinajstić information content (AvgIpc) is 2.72. The quantitative estimate of drug-likeness (QED) is 0.617. The summed E-state index contributed by atoms with van der Waals surface area (Å²) in [6.07, 6.45) is 7.27. The summed E-state index contributed by atoms with van der Waals surface area (Å²) in [5.74, 6) is 0.720. The molecule has 4 nitrogen and oxygen atoms in total. The van der Waals surface area contributed by atoms with Gasteiger partial charge in [-0.3, -0.25) is 0 Å². The molecule has 0 N–H and O–H groups in total. The molecule has 0 aliphatic heterocycles. The maximum absolute atomic E-state index is 4.27. The van der Waals surface area contributed by atoms with Gasteiger partial charge in [0.2, 0.25) is 0 Å². The summed E-state index contributed by atoms with van der Waals surface area (Å²) in [6.45, 7) is 2.04. The van der Waals surface area contributed by atoms with Crippen LogP contribution < -0.4 is 0 Å². The van der Waals surface area contributed by atoms with Gasteiger partial charge in [0.1, 0.15) is 0 Å². The molecule has 0 unspecified atom stereocenters. The molecule has 16 heavy (non-hydrogen) atoms. The van der Waals surface area contributed by atoms with Crippen molar-refractivity contribution in [3.63, 3.8) is 0 Å². The molecule has 0 aromatic carbocycles. The highest BCUT2D eigenvalue weighted by Crippen LogP contribution is 2.16. The van der Waals surface area contributed by atoms with Gasteiger partial charge in [-0.05, 0) is 30.7 Å². The molecule has 3 aromatic heterocycles. The van der Waals surface area contributed by atoms with Gasteiger partial charge in [0.15, 0.2) is 5.82 Å².